The van der Waals surface area contributed by atoms with Crippen LogP contribution < -0.4 is 5.32 Å². The zero-order valence-corrected chi connectivity index (χ0v) is 13.5. The summed E-state index contributed by atoms with van der Waals surface area (Å²) in [5.74, 6) is 0.880. The number of hydrogen-bond acceptors (Lipinski definition) is 2. The van der Waals surface area contributed by atoms with E-state index < -0.39 is 0 Å². The Morgan fingerprint density at radius 3 is 2.86 bits per heavy atom. The van der Waals surface area contributed by atoms with Gasteiger partial charge in [-0.25, -0.2) is 0 Å². The first-order valence-electron chi connectivity index (χ1n) is 8.78. The van der Waals surface area contributed by atoms with Crippen molar-refractivity contribution in [2.75, 3.05) is 6.54 Å². The lowest BCUT2D eigenvalue weighted by Crippen LogP contribution is -2.35. The first-order chi connectivity index (χ1) is 10.3. The van der Waals surface area contributed by atoms with Crippen LogP contribution in [0.1, 0.15) is 63.1 Å². The van der Waals surface area contributed by atoms with Crippen LogP contribution in [0.2, 0.25) is 0 Å². The van der Waals surface area contributed by atoms with Crippen LogP contribution in [-0.4, -0.2) is 18.8 Å². The van der Waals surface area contributed by atoms with Crippen LogP contribution in [0.4, 0.5) is 0 Å². The average Bonchev–Trinajstić information content (AvgIpc) is 2.86. The van der Waals surface area contributed by atoms with Crippen molar-refractivity contribution in [1.82, 2.24) is 5.32 Å². The van der Waals surface area contributed by atoms with E-state index in [-0.39, 0.29) is 0 Å². The summed E-state index contributed by atoms with van der Waals surface area (Å²) in [6.07, 6.45) is 8.44. The fraction of sp³-hybridized carbons (Fsp3) is 0.684. The summed E-state index contributed by atoms with van der Waals surface area (Å²) in [5.41, 5.74) is 2.92. The second-order valence-corrected chi connectivity index (χ2v) is 6.68. The van der Waals surface area contributed by atoms with Crippen LogP contribution >= 0.6 is 0 Å². The first-order valence-corrected chi connectivity index (χ1v) is 8.78. The summed E-state index contributed by atoms with van der Waals surface area (Å²) in [6.45, 7) is 5.51. The minimum atomic E-state index is 0.322. The van der Waals surface area contributed by atoms with Crippen LogP contribution in [0, 0.1) is 5.92 Å². The lowest BCUT2D eigenvalue weighted by Gasteiger charge is -2.32. The van der Waals surface area contributed by atoms with Gasteiger partial charge in [0.05, 0.1) is 18.2 Å². The molecule has 1 aromatic rings. The van der Waals surface area contributed by atoms with Crippen molar-refractivity contribution in [2.45, 2.75) is 70.6 Å². The summed E-state index contributed by atoms with van der Waals surface area (Å²) in [6, 6.07) is 9.21. The Kier molecular flexibility index (Phi) is 4.97. The molecule has 21 heavy (non-hydrogen) atoms. The smallest absolute Gasteiger partial charge is 0.0813 e. The van der Waals surface area contributed by atoms with Crippen molar-refractivity contribution in [3.8, 4) is 0 Å². The number of fused-ring (bicyclic) bond motifs is 1. The Morgan fingerprint density at radius 1 is 1.19 bits per heavy atom. The summed E-state index contributed by atoms with van der Waals surface area (Å²) in [4.78, 5) is 0. The van der Waals surface area contributed by atoms with Crippen LogP contribution in [0.3, 0.4) is 0 Å². The molecule has 0 amide bonds. The molecular formula is C19H29NO. The molecule has 0 radical (unpaired) electrons. The van der Waals surface area contributed by atoms with Crippen molar-refractivity contribution < 1.29 is 4.74 Å². The van der Waals surface area contributed by atoms with Gasteiger partial charge in [-0.05, 0) is 36.4 Å². The van der Waals surface area contributed by atoms with Gasteiger partial charge in [0.15, 0.2) is 0 Å². The molecule has 0 bridgehead atoms. The van der Waals surface area contributed by atoms with Crippen LogP contribution in [0.5, 0.6) is 0 Å². The fourth-order valence-electron chi connectivity index (χ4n) is 4.13. The largest absolute Gasteiger partial charge is 0.373 e. The molecule has 1 fully saturated rings. The maximum atomic E-state index is 6.57. The Morgan fingerprint density at radius 2 is 2.05 bits per heavy atom. The molecule has 116 valence electrons. The third-order valence-electron chi connectivity index (χ3n) is 5.29. The van der Waals surface area contributed by atoms with E-state index >= 15 is 0 Å². The number of likely N-dealkylation sites (N-methyl/N-ethyl adjacent to an activating group) is 1. The highest BCUT2D eigenvalue weighted by Gasteiger charge is 2.35. The van der Waals surface area contributed by atoms with E-state index in [1.165, 1.54) is 43.2 Å². The molecule has 0 saturated heterocycles. The van der Waals surface area contributed by atoms with E-state index in [1.54, 1.807) is 0 Å². The van der Waals surface area contributed by atoms with E-state index in [4.69, 9.17) is 4.74 Å². The zero-order valence-electron chi connectivity index (χ0n) is 13.5. The second kappa shape index (κ2) is 6.93. The van der Waals surface area contributed by atoms with Gasteiger partial charge in [0.1, 0.15) is 0 Å². The van der Waals surface area contributed by atoms with Gasteiger partial charge in [-0.3, -0.25) is 0 Å². The van der Waals surface area contributed by atoms with Gasteiger partial charge in [0.25, 0.3) is 0 Å². The highest BCUT2D eigenvalue weighted by atomic mass is 16.5. The van der Waals surface area contributed by atoms with E-state index in [0.29, 0.717) is 18.2 Å². The molecule has 0 heterocycles. The van der Waals surface area contributed by atoms with Gasteiger partial charge in [-0.15, -0.1) is 0 Å². The van der Waals surface area contributed by atoms with Crippen LogP contribution in [-0.2, 0) is 11.2 Å². The first kappa shape index (κ1) is 15.1. The van der Waals surface area contributed by atoms with Crippen LogP contribution in [0.25, 0.3) is 0 Å². The number of nitrogens with one attached hydrogen (secondary N) is 1. The van der Waals surface area contributed by atoms with Crippen molar-refractivity contribution in [1.29, 1.82) is 0 Å². The molecule has 4 atom stereocenters. The normalized spacial score (nSPS) is 32.1. The lowest BCUT2D eigenvalue weighted by atomic mass is 9.85. The highest BCUT2D eigenvalue weighted by Crippen LogP contribution is 2.36. The molecule has 2 aliphatic rings. The minimum absolute atomic E-state index is 0.322. The number of rotatable bonds is 5. The fourth-order valence-corrected chi connectivity index (χ4v) is 4.13. The van der Waals surface area contributed by atoms with E-state index in [0.717, 1.165) is 18.9 Å². The van der Waals surface area contributed by atoms with Gasteiger partial charge in [-0.2, -0.15) is 0 Å². The summed E-state index contributed by atoms with van der Waals surface area (Å²) < 4.78 is 6.57. The molecule has 0 spiro atoms. The van der Waals surface area contributed by atoms with Crippen LogP contribution in [0.15, 0.2) is 24.3 Å². The predicted octanol–water partition coefficient (Wildman–Crippen LogP) is 4.25. The zero-order chi connectivity index (χ0) is 14.7. The average molecular weight is 287 g/mol. The maximum absolute atomic E-state index is 6.57. The Labute approximate surface area is 129 Å². The minimum Gasteiger partial charge on any atom is -0.373 e. The van der Waals surface area contributed by atoms with Crippen molar-refractivity contribution >= 4 is 0 Å². The topological polar surface area (TPSA) is 21.3 Å². The van der Waals surface area contributed by atoms with Crippen molar-refractivity contribution in [3.05, 3.63) is 35.4 Å². The van der Waals surface area contributed by atoms with E-state index in [1.807, 2.05) is 0 Å². The maximum Gasteiger partial charge on any atom is 0.0813 e. The molecular weight excluding hydrogens is 258 g/mol. The predicted molar refractivity (Wildman–Crippen MR) is 87.5 cm³/mol. The summed E-state index contributed by atoms with van der Waals surface area (Å²) in [5, 5.41) is 3.64. The van der Waals surface area contributed by atoms with Gasteiger partial charge in [-0.1, -0.05) is 57.4 Å². The SMILES string of the molecule is CCNC1c2ccccc2CC1OC1CCCC(CC)C1. The monoisotopic (exact) mass is 287 g/mol. The molecule has 3 rings (SSSR count). The molecule has 2 aliphatic carbocycles. The molecule has 0 aliphatic heterocycles. The van der Waals surface area contributed by atoms with E-state index in [9.17, 15) is 0 Å². The number of benzene rings is 1. The molecule has 2 nitrogen and oxygen atoms in total. The molecule has 4 unspecified atom stereocenters. The van der Waals surface area contributed by atoms with E-state index in [2.05, 4.69) is 43.4 Å². The Bertz CT molecular complexity index is 459. The second-order valence-electron chi connectivity index (χ2n) is 6.68. The quantitative estimate of drug-likeness (QED) is 0.874. The van der Waals surface area contributed by atoms with Gasteiger partial charge in [0, 0.05) is 6.42 Å². The Hall–Kier alpha value is -0.860. The molecule has 1 saturated carbocycles. The number of hydrogen-bond donors (Lipinski definition) is 1. The van der Waals surface area contributed by atoms with Gasteiger partial charge >= 0.3 is 0 Å². The third-order valence-corrected chi connectivity index (χ3v) is 5.29. The highest BCUT2D eigenvalue weighted by molar-refractivity contribution is 5.36. The third kappa shape index (κ3) is 3.32. The standard InChI is InChI=1S/C19H29NO/c1-3-14-8-7-10-16(12-14)21-18-13-15-9-5-6-11-17(15)19(18)20-4-2/h5-6,9,11,14,16,18-20H,3-4,7-8,10,12-13H2,1-2H3. The molecule has 1 N–H and O–H groups in total. The van der Waals surface area contributed by atoms with Gasteiger partial charge in [0.2, 0.25) is 0 Å². The molecule has 2 heteroatoms. The lowest BCUT2D eigenvalue weighted by molar-refractivity contribution is -0.0509. The Balaban J connectivity index is 1.68. The number of ether oxygens (including phenoxy) is 1. The van der Waals surface area contributed by atoms with Crippen molar-refractivity contribution in [3.63, 3.8) is 0 Å². The summed E-state index contributed by atoms with van der Waals surface area (Å²) in [7, 11) is 0. The molecule has 0 aromatic heterocycles. The summed E-state index contributed by atoms with van der Waals surface area (Å²) >= 11 is 0. The molecule has 1 aromatic carbocycles. The van der Waals surface area contributed by atoms with Crippen molar-refractivity contribution in [2.24, 2.45) is 5.92 Å². The van der Waals surface area contributed by atoms with Gasteiger partial charge < -0.3 is 10.1 Å².